The Morgan fingerprint density at radius 3 is 2.50 bits per heavy atom. The molecule has 30 heavy (non-hydrogen) atoms. The zero-order valence-electron chi connectivity index (χ0n) is 17.7. The Balaban J connectivity index is 0.00000320. The molecule has 0 aromatic heterocycles. The van der Waals surface area contributed by atoms with Crippen molar-refractivity contribution in [3.63, 3.8) is 0 Å². The molecule has 0 amide bonds. The first kappa shape index (κ1) is 24.5. The van der Waals surface area contributed by atoms with Gasteiger partial charge >= 0.3 is 0 Å². The summed E-state index contributed by atoms with van der Waals surface area (Å²) in [6.45, 7) is 5.53. The van der Waals surface area contributed by atoms with Crippen molar-refractivity contribution in [2.75, 3.05) is 25.9 Å². The molecule has 0 atom stereocenters. The SMILES string of the molecule is CN=C(NCc1cccc(OCc2ccccc2)c1)N1CCS(=O)(=O)C(C)(C)C1.I. The lowest BCUT2D eigenvalue weighted by atomic mass is 10.2. The summed E-state index contributed by atoms with van der Waals surface area (Å²) >= 11 is 0. The number of benzene rings is 2. The van der Waals surface area contributed by atoms with Crippen LogP contribution in [0, 0.1) is 0 Å². The van der Waals surface area contributed by atoms with Crippen molar-refractivity contribution in [3.05, 3.63) is 65.7 Å². The van der Waals surface area contributed by atoms with E-state index in [0.29, 0.717) is 32.2 Å². The van der Waals surface area contributed by atoms with Crippen LogP contribution in [0.4, 0.5) is 0 Å². The molecule has 0 radical (unpaired) electrons. The minimum Gasteiger partial charge on any atom is -0.489 e. The van der Waals surface area contributed by atoms with E-state index < -0.39 is 14.6 Å². The number of rotatable bonds is 5. The molecule has 1 aliphatic rings. The number of aliphatic imine (C=N–C) groups is 1. The van der Waals surface area contributed by atoms with Crippen molar-refractivity contribution >= 4 is 39.8 Å². The Bertz CT molecular complexity index is 963. The summed E-state index contributed by atoms with van der Waals surface area (Å²) in [5, 5.41) is 3.35. The van der Waals surface area contributed by atoms with Gasteiger partial charge < -0.3 is 15.0 Å². The topological polar surface area (TPSA) is 71.0 Å². The van der Waals surface area contributed by atoms with Crippen molar-refractivity contribution in [3.8, 4) is 5.75 Å². The summed E-state index contributed by atoms with van der Waals surface area (Å²) < 4.78 is 29.6. The zero-order valence-corrected chi connectivity index (χ0v) is 20.8. The molecule has 2 aromatic carbocycles. The molecule has 1 saturated heterocycles. The highest BCUT2D eigenvalue weighted by molar-refractivity contribution is 14.0. The maximum atomic E-state index is 12.2. The molecule has 0 spiro atoms. The van der Waals surface area contributed by atoms with Gasteiger partial charge in [-0.05, 0) is 37.1 Å². The highest BCUT2D eigenvalue weighted by Gasteiger charge is 2.40. The van der Waals surface area contributed by atoms with Crippen LogP contribution in [0.1, 0.15) is 25.0 Å². The molecular formula is C22H30IN3O3S. The third-order valence-corrected chi connectivity index (χ3v) is 7.69. The fourth-order valence-corrected chi connectivity index (χ4v) is 4.69. The maximum absolute atomic E-state index is 12.2. The molecule has 0 unspecified atom stereocenters. The number of halogens is 1. The Kier molecular flexibility index (Phi) is 8.54. The molecule has 164 valence electrons. The largest absolute Gasteiger partial charge is 0.489 e. The van der Waals surface area contributed by atoms with Crippen molar-refractivity contribution in [2.24, 2.45) is 4.99 Å². The van der Waals surface area contributed by atoms with Gasteiger partial charge in [0.1, 0.15) is 12.4 Å². The number of ether oxygens (including phenoxy) is 1. The van der Waals surface area contributed by atoms with Crippen molar-refractivity contribution < 1.29 is 13.2 Å². The van der Waals surface area contributed by atoms with Crippen molar-refractivity contribution in [1.82, 2.24) is 10.2 Å². The Morgan fingerprint density at radius 2 is 1.83 bits per heavy atom. The van der Waals surface area contributed by atoms with Gasteiger partial charge in [-0.25, -0.2) is 8.42 Å². The van der Waals surface area contributed by atoms with Gasteiger partial charge in [-0.3, -0.25) is 4.99 Å². The van der Waals surface area contributed by atoms with E-state index in [1.165, 1.54) is 0 Å². The third kappa shape index (κ3) is 6.10. The fourth-order valence-electron chi connectivity index (χ4n) is 3.32. The number of nitrogens with one attached hydrogen (secondary N) is 1. The molecular weight excluding hydrogens is 513 g/mol. The molecule has 3 rings (SSSR count). The first-order valence-corrected chi connectivity index (χ1v) is 11.4. The number of nitrogens with zero attached hydrogens (tertiary/aromatic N) is 2. The standard InChI is InChI=1S/C22H29N3O3S.HI/c1-22(2)17-25(12-13-29(22,26)27)21(23-3)24-15-19-10-7-11-20(14-19)28-16-18-8-5-4-6-9-18;/h4-11,14H,12-13,15-17H2,1-3H3,(H,23,24);1H. The Morgan fingerprint density at radius 1 is 1.13 bits per heavy atom. The Hall–Kier alpha value is -1.81. The average molecular weight is 543 g/mol. The predicted octanol–water partition coefficient (Wildman–Crippen LogP) is 3.47. The smallest absolute Gasteiger partial charge is 0.193 e. The van der Waals surface area contributed by atoms with Gasteiger partial charge in [-0.15, -0.1) is 24.0 Å². The monoisotopic (exact) mass is 543 g/mol. The summed E-state index contributed by atoms with van der Waals surface area (Å²) in [4.78, 5) is 6.35. The van der Waals surface area contributed by atoms with Crippen molar-refractivity contribution in [1.29, 1.82) is 0 Å². The number of hydrogen-bond acceptors (Lipinski definition) is 4. The first-order valence-electron chi connectivity index (χ1n) is 9.74. The first-order chi connectivity index (χ1) is 13.8. The minimum atomic E-state index is -3.08. The van der Waals surface area contributed by atoms with E-state index in [0.717, 1.165) is 16.9 Å². The van der Waals surface area contributed by atoms with E-state index >= 15 is 0 Å². The lowest BCUT2D eigenvalue weighted by molar-refractivity contribution is 0.306. The van der Waals surface area contributed by atoms with Crippen LogP contribution in [0.2, 0.25) is 0 Å². The van der Waals surface area contributed by atoms with Gasteiger partial charge in [0.25, 0.3) is 0 Å². The fraction of sp³-hybridized carbons (Fsp3) is 0.409. The van der Waals surface area contributed by atoms with Crippen LogP contribution in [0.15, 0.2) is 59.6 Å². The van der Waals surface area contributed by atoms with Crippen LogP contribution < -0.4 is 10.1 Å². The van der Waals surface area contributed by atoms with Gasteiger partial charge in [0.15, 0.2) is 15.8 Å². The van der Waals surface area contributed by atoms with Crippen LogP contribution in [-0.4, -0.2) is 49.9 Å². The second-order valence-corrected chi connectivity index (χ2v) is 10.6. The minimum absolute atomic E-state index is 0. The second-order valence-electron chi connectivity index (χ2n) is 7.82. The maximum Gasteiger partial charge on any atom is 0.193 e. The van der Waals surface area contributed by atoms with Crippen LogP contribution in [0.5, 0.6) is 5.75 Å². The second kappa shape index (κ2) is 10.5. The van der Waals surface area contributed by atoms with Gasteiger partial charge in [-0.1, -0.05) is 42.5 Å². The summed E-state index contributed by atoms with van der Waals surface area (Å²) in [6.07, 6.45) is 0. The molecule has 0 bridgehead atoms. The quantitative estimate of drug-likeness (QED) is 0.356. The molecule has 6 nitrogen and oxygen atoms in total. The van der Waals surface area contributed by atoms with Crippen LogP contribution in [-0.2, 0) is 23.0 Å². The van der Waals surface area contributed by atoms with Gasteiger partial charge in [0.2, 0.25) is 0 Å². The van der Waals surface area contributed by atoms with E-state index in [9.17, 15) is 8.42 Å². The number of sulfone groups is 1. The summed E-state index contributed by atoms with van der Waals surface area (Å²) in [7, 11) is -1.36. The third-order valence-electron chi connectivity index (χ3n) is 5.15. The molecule has 1 heterocycles. The van der Waals surface area contributed by atoms with E-state index in [4.69, 9.17) is 4.74 Å². The molecule has 1 aliphatic heterocycles. The van der Waals surface area contributed by atoms with Gasteiger partial charge in [0, 0.05) is 26.7 Å². The molecule has 0 saturated carbocycles. The number of guanidine groups is 1. The zero-order chi connectivity index (χ0) is 20.9. The van der Waals surface area contributed by atoms with Crippen molar-refractivity contribution in [2.45, 2.75) is 31.7 Å². The lowest BCUT2D eigenvalue weighted by Gasteiger charge is -2.39. The number of hydrogen-bond donors (Lipinski definition) is 1. The molecule has 0 aliphatic carbocycles. The van der Waals surface area contributed by atoms with E-state index in [-0.39, 0.29) is 29.7 Å². The van der Waals surface area contributed by atoms with E-state index in [2.05, 4.69) is 10.3 Å². The molecule has 1 fully saturated rings. The van der Waals surface area contributed by atoms with E-state index in [1.54, 1.807) is 20.9 Å². The van der Waals surface area contributed by atoms with Crippen LogP contribution in [0.3, 0.4) is 0 Å². The molecule has 8 heteroatoms. The summed E-state index contributed by atoms with van der Waals surface area (Å²) in [5.74, 6) is 1.67. The highest BCUT2D eigenvalue weighted by atomic mass is 127. The predicted molar refractivity (Wildman–Crippen MR) is 132 cm³/mol. The van der Waals surface area contributed by atoms with Crippen LogP contribution >= 0.6 is 24.0 Å². The van der Waals surface area contributed by atoms with Gasteiger partial charge in [0.05, 0.1) is 10.5 Å². The van der Waals surface area contributed by atoms with E-state index in [1.807, 2.05) is 59.5 Å². The molecule has 1 N–H and O–H groups in total. The van der Waals surface area contributed by atoms with Crippen LogP contribution in [0.25, 0.3) is 0 Å². The Labute approximate surface area is 196 Å². The summed E-state index contributed by atoms with van der Waals surface area (Å²) in [5.41, 5.74) is 2.19. The summed E-state index contributed by atoms with van der Waals surface area (Å²) in [6, 6.07) is 18.0. The normalized spacial score (nSPS) is 17.7. The average Bonchev–Trinajstić information content (AvgIpc) is 2.70. The highest BCUT2D eigenvalue weighted by Crippen LogP contribution is 2.24. The van der Waals surface area contributed by atoms with Gasteiger partial charge in [-0.2, -0.15) is 0 Å². The molecule has 2 aromatic rings. The lowest BCUT2D eigenvalue weighted by Crippen LogP contribution is -2.57.